The first-order valence-corrected chi connectivity index (χ1v) is 6.60. The first kappa shape index (κ1) is 12.9. The number of ether oxygens (including phenoxy) is 1. The zero-order valence-corrected chi connectivity index (χ0v) is 11.3. The van der Waals surface area contributed by atoms with Crippen LogP contribution in [0.3, 0.4) is 0 Å². The average Bonchev–Trinajstić information content (AvgIpc) is 3.06. The molecule has 1 N–H and O–H groups in total. The van der Waals surface area contributed by atoms with Gasteiger partial charge in [0.05, 0.1) is 6.20 Å². The van der Waals surface area contributed by atoms with E-state index in [1.165, 1.54) is 7.11 Å². The molecular formula is C13H17N5O2. The number of anilines is 1. The topological polar surface area (TPSA) is 71.8 Å². The second-order valence-corrected chi connectivity index (χ2v) is 4.84. The van der Waals surface area contributed by atoms with E-state index < -0.39 is 0 Å². The number of hydrogen-bond acceptors (Lipinski definition) is 5. The fourth-order valence-electron chi connectivity index (χ4n) is 2.55. The van der Waals surface area contributed by atoms with Crippen LogP contribution in [0.5, 0.6) is 0 Å². The lowest BCUT2D eigenvalue weighted by Crippen LogP contribution is -2.39. The van der Waals surface area contributed by atoms with Gasteiger partial charge in [-0.05, 0) is 12.5 Å². The Kier molecular flexibility index (Phi) is 3.51. The number of amides is 1. The highest BCUT2D eigenvalue weighted by Crippen LogP contribution is 2.20. The van der Waals surface area contributed by atoms with E-state index in [1.54, 1.807) is 12.4 Å². The van der Waals surface area contributed by atoms with E-state index in [2.05, 4.69) is 20.3 Å². The Morgan fingerprint density at radius 1 is 1.50 bits per heavy atom. The molecule has 2 aromatic heterocycles. The molecule has 1 aliphatic rings. The molecule has 0 aromatic carbocycles. The first-order valence-electron chi connectivity index (χ1n) is 6.60. The molecule has 0 saturated carbocycles. The van der Waals surface area contributed by atoms with Gasteiger partial charge in [-0.1, -0.05) is 0 Å². The Balaban J connectivity index is 1.71. The molecule has 7 heteroatoms. The molecule has 3 heterocycles. The Morgan fingerprint density at radius 2 is 2.40 bits per heavy atom. The van der Waals surface area contributed by atoms with E-state index in [-0.39, 0.29) is 18.6 Å². The first-order chi connectivity index (χ1) is 9.78. The minimum atomic E-state index is -0.0710. The molecule has 2 aromatic rings. The van der Waals surface area contributed by atoms with Crippen molar-refractivity contribution in [3.63, 3.8) is 0 Å². The summed E-state index contributed by atoms with van der Waals surface area (Å²) in [6, 6.07) is 3.97. The predicted octanol–water partition coefficient (Wildman–Crippen LogP) is 0.0706. The van der Waals surface area contributed by atoms with Gasteiger partial charge in [0.1, 0.15) is 12.4 Å². The third kappa shape index (κ3) is 2.44. The van der Waals surface area contributed by atoms with Crippen molar-refractivity contribution in [3.05, 3.63) is 24.5 Å². The molecule has 0 aliphatic carbocycles. The number of rotatable bonds is 4. The van der Waals surface area contributed by atoms with Crippen LogP contribution in [0.2, 0.25) is 0 Å². The van der Waals surface area contributed by atoms with Gasteiger partial charge in [-0.15, -0.1) is 0 Å². The fourth-order valence-corrected chi connectivity index (χ4v) is 2.55. The highest BCUT2D eigenvalue weighted by Gasteiger charge is 2.25. The maximum Gasteiger partial charge on any atom is 0.246 e. The van der Waals surface area contributed by atoms with Gasteiger partial charge in [-0.3, -0.25) is 4.79 Å². The van der Waals surface area contributed by atoms with Crippen LogP contribution in [0.15, 0.2) is 24.5 Å². The zero-order valence-electron chi connectivity index (χ0n) is 11.3. The summed E-state index contributed by atoms with van der Waals surface area (Å²) in [6.45, 7) is 1.76. The van der Waals surface area contributed by atoms with Gasteiger partial charge in [-0.25, -0.2) is 4.98 Å². The molecule has 3 rings (SSSR count). The summed E-state index contributed by atoms with van der Waals surface area (Å²) in [5, 5.41) is 7.25. The number of fused-ring (bicyclic) bond motifs is 1. The third-order valence-corrected chi connectivity index (χ3v) is 3.42. The third-order valence-electron chi connectivity index (χ3n) is 3.42. The average molecular weight is 275 g/mol. The van der Waals surface area contributed by atoms with Crippen LogP contribution >= 0.6 is 0 Å². The van der Waals surface area contributed by atoms with E-state index in [0.29, 0.717) is 0 Å². The molecule has 0 radical (unpaired) electrons. The van der Waals surface area contributed by atoms with Crippen molar-refractivity contribution in [2.24, 2.45) is 0 Å². The lowest BCUT2D eigenvalue weighted by Gasteiger charge is -2.19. The second kappa shape index (κ2) is 5.46. The molecular weight excluding hydrogens is 258 g/mol. The standard InChI is InChI=1S/C13H17N5O2/c1-20-9-12(19)16-10-4-7-17(8-10)13-3-5-14-11-2-6-15-18(11)13/h2-3,5-6,10H,4,7-9H2,1H3,(H,16,19). The van der Waals surface area contributed by atoms with E-state index in [0.717, 1.165) is 31.0 Å². The quantitative estimate of drug-likeness (QED) is 0.855. The molecule has 7 nitrogen and oxygen atoms in total. The predicted molar refractivity (Wildman–Crippen MR) is 73.6 cm³/mol. The van der Waals surface area contributed by atoms with Gasteiger partial charge in [-0.2, -0.15) is 9.61 Å². The molecule has 1 unspecified atom stereocenters. The largest absolute Gasteiger partial charge is 0.375 e. The summed E-state index contributed by atoms with van der Waals surface area (Å²) in [6.07, 6.45) is 4.43. The Morgan fingerprint density at radius 3 is 3.25 bits per heavy atom. The highest BCUT2D eigenvalue weighted by atomic mass is 16.5. The normalized spacial score (nSPS) is 18.6. The summed E-state index contributed by atoms with van der Waals surface area (Å²) in [4.78, 5) is 18.0. The maximum absolute atomic E-state index is 11.5. The maximum atomic E-state index is 11.5. The second-order valence-electron chi connectivity index (χ2n) is 4.84. The fraction of sp³-hybridized carbons (Fsp3) is 0.462. The van der Waals surface area contributed by atoms with E-state index in [4.69, 9.17) is 4.74 Å². The van der Waals surface area contributed by atoms with Crippen LogP contribution in [0.4, 0.5) is 5.82 Å². The molecule has 0 spiro atoms. The van der Waals surface area contributed by atoms with Gasteiger partial charge in [0, 0.05) is 38.5 Å². The number of hydrogen-bond donors (Lipinski definition) is 1. The van der Waals surface area contributed by atoms with E-state index in [9.17, 15) is 4.79 Å². The van der Waals surface area contributed by atoms with E-state index in [1.807, 2.05) is 16.6 Å². The monoisotopic (exact) mass is 275 g/mol. The van der Waals surface area contributed by atoms with Crippen molar-refractivity contribution in [1.82, 2.24) is 19.9 Å². The Bertz CT molecular complexity index is 612. The van der Waals surface area contributed by atoms with Crippen LogP contribution in [0.25, 0.3) is 5.65 Å². The number of methoxy groups -OCH3 is 1. The summed E-state index contributed by atoms with van der Waals surface area (Å²) >= 11 is 0. The van der Waals surface area contributed by atoms with Gasteiger partial charge in [0.25, 0.3) is 0 Å². The molecule has 1 aliphatic heterocycles. The molecule has 1 saturated heterocycles. The lowest BCUT2D eigenvalue weighted by molar-refractivity contribution is -0.125. The lowest BCUT2D eigenvalue weighted by atomic mass is 10.2. The van der Waals surface area contributed by atoms with Crippen molar-refractivity contribution >= 4 is 17.4 Å². The SMILES string of the molecule is COCC(=O)NC1CCN(c2ccnc3ccnn23)C1. The number of nitrogens with zero attached hydrogens (tertiary/aromatic N) is 4. The molecule has 1 amide bonds. The smallest absolute Gasteiger partial charge is 0.246 e. The molecule has 0 bridgehead atoms. The summed E-state index contributed by atoms with van der Waals surface area (Å²) < 4.78 is 6.64. The van der Waals surface area contributed by atoms with Crippen LogP contribution in [-0.2, 0) is 9.53 Å². The van der Waals surface area contributed by atoms with Crippen LogP contribution < -0.4 is 10.2 Å². The van der Waals surface area contributed by atoms with Crippen molar-refractivity contribution in [2.75, 3.05) is 31.7 Å². The van der Waals surface area contributed by atoms with Gasteiger partial charge in [0.2, 0.25) is 5.91 Å². The Labute approximate surface area is 116 Å². The summed E-state index contributed by atoms with van der Waals surface area (Å²) in [7, 11) is 1.52. The van der Waals surface area contributed by atoms with Gasteiger partial charge < -0.3 is 15.0 Å². The minimum Gasteiger partial charge on any atom is -0.375 e. The summed E-state index contributed by atoms with van der Waals surface area (Å²) in [5.41, 5.74) is 0.828. The van der Waals surface area contributed by atoms with Crippen molar-refractivity contribution in [3.8, 4) is 0 Å². The molecule has 1 atom stereocenters. The van der Waals surface area contributed by atoms with E-state index >= 15 is 0 Å². The van der Waals surface area contributed by atoms with Gasteiger partial charge in [0.15, 0.2) is 5.65 Å². The number of carbonyl (C=O) groups excluding carboxylic acids is 1. The number of carbonyl (C=O) groups is 1. The van der Waals surface area contributed by atoms with Crippen LogP contribution in [0, 0.1) is 0 Å². The number of nitrogens with one attached hydrogen (secondary N) is 1. The van der Waals surface area contributed by atoms with Crippen LogP contribution in [0.1, 0.15) is 6.42 Å². The zero-order chi connectivity index (χ0) is 13.9. The highest BCUT2D eigenvalue weighted by molar-refractivity contribution is 5.77. The summed E-state index contributed by atoms with van der Waals surface area (Å²) in [5.74, 6) is 0.932. The number of aromatic nitrogens is 3. The van der Waals surface area contributed by atoms with Crippen LogP contribution in [-0.4, -0.2) is 53.4 Å². The molecule has 1 fully saturated rings. The van der Waals surface area contributed by atoms with Crippen molar-refractivity contribution < 1.29 is 9.53 Å². The minimum absolute atomic E-state index is 0.0710. The molecule has 106 valence electrons. The molecule has 20 heavy (non-hydrogen) atoms. The van der Waals surface area contributed by atoms with Gasteiger partial charge >= 0.3 is 0 Å². The Hall–Kier alpha value is -2.15. The van der Waals surface area contributed by atoms with Crippen molar-refractivity contribution in [2.45, 2.75) is 12.5 Å². The van der Waals surface area contributed by atoms with Crippen molar-refractivity contribution in [1.29, 1.82) is 0 Å².